The minimum atomic E-state index is -0.656. The number of imide groups is 1. The van der Waals surface area contributed by atoms with Gasteiger partial charge in [0.15, 0.2) is 0 Å². The summed E-state index contributed by atoms with van der Waals surface area (Å²) in [6.45, 7) is 5.71. The van der Waals surface area contributed by atoms with Gasteiger partial charge in [-0.1, -0.05) is 18.9 Å². The quantitative estimate of drug-likeness (QED) is 0.231. The summed E-state index contributed by atoms with van der Waals surface area (Å²) in [5.74, 6) is 0.00286. The minimum Gasteiger partial charge on any atom is -0.371 e. The van der Waals surface area contributed by atoms with Crippen LogP contribution in [-0.4, -0.2) is 94.4 Å². The molecule has 1 spiro atoms. The van der Waals surface area contributed by atoms with E-state index in [-0.39, 0.29) is 41.5 Å². The predicted molar refractivity (Wildman–Crippen MR) is 214 cm³/mol. The number of fused-ring (bicyclic) bond motifs is 2. The van der Waals surface area contributed by atoms with Crippen molar-refractivity contribution in [3.05, 3.63) is 60.0 Å². The van der Waals surface area contributed by atoms with Crippen LogP contribution in [-0.2, 0) is 14.4 Å². The number of hydrogen-bond acceptors (Lipinski definition) is 10. The minimum absolute atomic E-state index is 0.0270. The molecule has 1 saturated carbocycles. The monoisotopic (exact) mass is 758 g/mol. The molecule has 0 bridgehead atoms. The number of anilines is 5. The third-order valence-corrected chi connectivity index (χ3v) is 13.1. The molecule has 56 heavy (non-hydrogen) atoms. The Hall–Kier alpha value is -5.53. The summed E-state index contributed by atoms with van der Waals surface area (Å²) in [6, 6.07) is 11.6. The van der Waals surface area contributed by atoms with Crippen molar-refractivity contribution in [2.75, 3.05) is 60.3 Å². The Kier molecular flexibility index (Phi) is 9.16. The molecular weight excluding hydrogens is 709 g/mol. The van der Waals surface area contributed by atoms with E-state index in [2.05, 4.69) is 42.1 Å². The first kappa shape index (κ1) is 36.1. The smallest absolute Gasteiger partial charge is 0.270 e. The first-order valence-corrected chi connectivity index (χ1v) is 20.2. The van der Waals surface area contributed by atoms with Crippen LogP contribution in [0.15, 0.2) is 48.8 Å². The van der Waals surface area contributed by atoms with E-state index in [1.165, 1.54) is 0 Å². The molecule has 1 aromatic carbocycles. The third-order valence-electron chi connectivity index (χ3n) is 13.1. The molecule has 14 nitrogen and oxygen atoms in total. The van der Waals surface area contributed by atoms with Crippen LogP contribution in [0.1, 0.15) is 99.1 Å². The van der Waals surface area contributed by atoms with Gasteiger partial charge in [0.05, 0.1) is 23.5 Å². The molecule has 1 aliphatic carbocycles. The van der Waals surface area contributed by atoms with Crippen molar-refractivity contribution in [1.29, 1.82) is 0 Å². The zero-order chi connectivity index (χ0) is 38.7. The van der Waals surface area contributed by atoms with E-state index in [4.69, 9.17) is 9.97 Å². The van der Waals surface area contributed by atoms with E-state index in [0.29, 0.717) is 23.9 Å². The molecule has 7 heterocycles. The van der Waals surface area contributed by atoms with E-state index < -0.39 is 11.9 Å². The topological polar surface area (TPSA) is 149 Å². The Morgan fingerprint density at radius 1 is 0.893 bits per heavy atom. The average molecular weight is 759 g/mol. The maximum atomic E-state index is 13.6. The zero-order valence-corrected chi connectivity index (χ0v) is 32.5. The lowest BCUT2D eigenvalue weighted by molar-refractivity contribution is -0.135. The molecule has 4 fully saturated rings. The number of piperidine rings is 3. The highest BCUT2D eigenvalue weighted by molar-refractivity contribution is 6.13. The van der Waals surface area contributed by atoms with Crippen molar-refractivity contribution in [1.82, 2.24) is 29.7 Å². The number of nitrogens with zero attached hydrogens (tertiary/aromatic N) is 8. The second kappa shape index (κ2) is 14.2. The zero-order valence-electron chi connectivity index (χ0n) is 32.5. The Morgan fingerprint density at radius 2 is 1.61 bits per heavy atom. The first-order chi connectivity index (χ1) is 27.1. The number of hydrogen-bond donors (Lipinski definition) is 2. The Balaban J connectivity index is 0.833. The summed E-state index contributed by atoms with van der Waals surface area (Å²) in [5.41, 5.74) is 5.69. The van der Waals surface area contributed by atoms with Crippen molar-refractivity contribution in [2.45, 2.75) is 89.1 Å². The maximum Gasteiger partial charge on any atom is 0.270 e. The molecule has 9 rings (SSSR count). The van der Waals surface area contributed by atoms with Crippen molar-refractivity contribution < 1.29 is 19.2 Å². The van der Waals surface area contributed by atoms with Gasteiger partial charge < -0.3 is 24.6 Å². The first-order valence-electron chi connectivity index (χ1n) is 20.2. The molecule has 4 aliphatic heterocycles. The molecule has 3 saturated heterocycles. The molecule has 2 N–H and O–H groups in total. The van der Waals surface area contributed by atoms with Gasteiger partial charge in [-0.2, -0.15) is 4.98 Å². The van der Waals surface area contributed by atoms with Gasteiger partial charge in [-0.05, 0) is 87.6 Å². The van der Waals surface area contributed by atoms with Gasteiger partial charge >= 0.3 is 0 Å². The number of amides is 4. The second-order valence-corrected chi connectivity index (χ2v) is 16.6. The van der Waals surface area contributed by atoms with Crippen molar-refractivity contribution in [3.63, 3.8) is 0 Å². The Bertz CT molecular complexity index is 2190. The SMILES string of the molecule is C[C@H]1C(=O)N([C@@H]2CCC(=O)NC2=O)c2cccc(N3CCC4(CCN(c5ccc(Nc6ncc7cc(C(=O)N(C)C)n(C8CCCC8)c7n6)nc5)CC4)CC3)c21. The van der Waals surface area contributed by atoms with Crippen molar-refractivity contribution in [2.24, 2.45) is 5.41 Å². The number of aromatic nitrogens is 4. The predicted octanol–water partition coefficient (Wildman–Crippen LogP) is 5.53. The van der Waals surface area contributed by atoms with Gasteiger partial charge in [0.25, 0.3) is 5.91 Å². The van der Waals surface area contributed by atoms with E-state index in [1.54, 1.807) is 30.1 Å². The number of nitrogens with one attached hydrogen (secondary N) is 2. The molecule has 5 aliphatic rings. The summed E-state index contributed by atoms with van der Waals surface area (Å²) in [6.07, 6.45) is 13.1. The highest BCUT2D eigenvalue weighted by Gasteiger charge is 2.45. The third kappa shape index (κ3) is 6.32. The molecule has 3 aromatic heterocycles. The molecular formula is C42H50N10O4. The fraction of sp³-hybridized carbons (Fsp3) is 0.500. The molecule has 292 valence electrons. The molecule has 2 atom stereocenters. The van der Waals surface area contributed by atoms with Gasteiger partial charge in [0.2, 0.25) is 23.7 Å². The van der Waals surface area contributed by atoms with Gasteiger partial charge in [0.1, 0.15) is 23.2 Å². The number of carbonyl (C=O) groups is 4. The van der Waals surface area contributed by atoms with Crippen LogP contribution >= 0.6 is 0 Å². The average Bonchev–Trinajstić information content (AvgIpc) is 3.93. The van der Waals surface area contributed by atoms with E-state index in [9.17, 15) is 19.2 Å². The van der Waals surface area contributed by atoms with Crippen LogP contribution in [0.2, 0.25) is 0 Å². The summed E-state index contributed by atoms with van der Waals surface area (Å²) >= 11 is 0. The van der Waals surface area contributed by atoms with Crippen molar-refractivity contribution >= 4 is 63.5 Å². The summed E-state index contributed by atoms with van der Waals surface area (Å²) in [5, 5.41) is 6.58. The fourth-order valence-electron chi connectivity index (χ4n) is 9.89. The summed E-state index contributed by atoms with van der Waals surface area (Å²) in [7, 11) is 3.56. The van der Waals surface area contributed by atoms with Gasteiger partial charge in [-0.3, -0.25) is 29.4 Å². The van der Waals surface area contributed by atoms with Crippen LogP contribution in [0.4, 0.5) is 28.8 Å². The standard InChI is InChI=1S/C42H50N10O4/c1-26-36-30(9-6-10-31(36)52(39(26)55)32-12-14-35(53)46-38(32)54)50-21-17-42(18-22-50)15-19-49(20-16-42)29-11-13-34(43-25-29)45-41-44-24-27-23-33(40(56)48(2)3)51(37(27)47-41)28-7-4-5-8-28/h6,9-11,13,23-26,28,32H,4-5,7-8,12,14-22H2,1-3H3,(H,46,53,54)(H,43,44,45,47)/t26-,32-/m1/s1. The van der Waals surface area contributed by atoms with Gasteiger partial charge in [-0.25, -0.2) is 9.97 Å². The van der Waals surface area contributed by atoms with E-state index in [0.717, 1.165) is 111 Å². The van der Waals surface area contributed by atoms with E-state index in [1.807, 2.05) is 37.4 Å². The lowest BCUT2D eigenvalue weighted by atomic mass is 9.71. The fourth-order valence-corrected chi connectivity index (χ4v) is 9.89. The molecule has 0 radical (unpaired) electrons. The number of benzene rings is 1. The lowest BCUT2D eigenvalue weighted by Gasteiger charge is -2.48. The number of carbonyl (C=O) groups excluding carboxylic acids is 4. The van der Waals surface area contributed by atoms with Crippen LogP contribution in [0.5, 0.6) is 0 Å². The summed E-state index contributed by atoms with van der Waals surface area (Å²) < 4.78 is 2.12. The lowest BCUT2D eigenvalue weighted by Crippen LogP contribution is -2.53. The second-order valence-electron chi connectivity index (χ2n) is 16.6. The van der Waals surface area contributed by atoms with Gasteiger partial charge in [-0.15, -0.1) is 0 Å². The molecule has 14 heteroatoms. The van der Waals surface area contributed by atoms with E-state index >= 15 is 0 Å². The highest BCUT2D eigenvalue weighted by Crippen LogP contribution is 2.48. The van der Waals surface area contributed by atoms with Crippen LogP contribution in [0, 0.1) is 5.41 Å². The van der Waals surface area contributed by atoms with Gasteiger partial charge in [0, 0.05) is 75.6 Å². The Labute approximate surface area is 326 Å². The molecule has 0 unspecified atom stereocenters. The molecule has 4 aromatic rings. The normalized spacial score (nSPS) is 22.6. The largest absolute Gasteiger partial charge is 0.371 e. The maximum absolute atomic E-state index is 13.6. The Morgan fingerprint density at radius 3 is 2.29 bits per heavy atom. The molecule has 4 amide bonds. The van der Waals surface area contributed by atoms with Crippen LogP contribution < -0.4 is 25.3 Å². The number of pyridine rings is 1. The van der Waals surface area contributed by atoms with Crippen LogP contribution in [0.3, 0.4) is 0 Å². The summed E-state index contributed by atoms with van der Waals surface area (Å²) in [4.78, 5) is 73.5. The van der Waals surface area contributed by atoms with Crippen molar-refractivity contribution in [3.8, 4) is 0 Å². The number of rotatable bonds is 7. The highest BCUT2D eigenvalue weighted by atomic mass is 16.2. The van der Waals surface area contributed by atoms with Crippen LogP contribution in [0.25, 0.3) is 11.0 Å².